The lowest BCUT2D eigenvalue weighted by atomic mass is 10.1. The van der Waals surface area contributed by atoms with Crippen LogP contribution in [-0.4, -0.2) is 78.6 Å². The van der Waals surface area contributed by atoms with Gasteiger partial charge in [0.15, 0.2) is 0 Å². The molecule has 0 N–H and O–H groups in total. The maximum absolute atomic E-state index is 12.3. The van der Waals surface area contributed by atoms with Crippen molar-refractivity contribution in [3.63, 3.8) is 0 Å². The molecule has 0 aliphatic rings. The molecule has 0 saturated heterocycles. The van der Waals surface area contributed by atoms with Gasteiger partial charge in [0.2, 0.25) is 0 Å². The van der Waals surface area contributed by atoms with Crippen molar-refractivity contribution in [1.82, 2.24) is 0 Å². The summed E-state index contributed by atoms with van der Waals surface area (Å²) in [6.45, 7) is 9.07. The molecule has 0 fully saturated rings. The van der Waals surface area contributed by atoms with E-state index < -0.39 is 0 Å². The van der Waals surface area contributed by atoms with Crippen LogP contribution in [-0.2, 0) is 33.2 Å². The highest BCUT2D eigenvalue weighted by molar-refractivity contribution is 5.69. The number of carbonyl (C=O) groups is 1. The second kappa shape index (κ2) is 40.4. The molecule has 0 bridgehead atoms. The minimum atomic E-state index is -0.264. The van der Waals surface area contributed by atoms with E-state index in [1.165, 1.54) is 141 Å². The lowest BCUT2D eigenvalue weighted by Gasteiger charge is -2.18. The third-order valence-corrected chi connectivity index (χ3v) is 8.48. The minimum absolute atomic E-state index is 0.218. The van der Waals surface area contributed by atoms with Crippen LogP contribution in [0.3, 0.4) is 0 Å². The highest BCUT2D eigenvalue weighted by Gasteiger charge is 2.13. The van der Waals surface area contributed by atoms with Crippen LogP contribution in [0.4, 0.5) is 0 Å². The first-order chi connectivity index (χ1) is 22.7. The molecular weight excluding hydrogens is 580 g/mol. The van der Waals surface area contributed by atoms with Crippen molar-refractivity contribution in [2.24, 2.45) is 0 Å². The number of hydrogen-bond acceptors (Lipinski definition) is 7. The highest BCUT2D eigenvalue weighted by atomic mass is 16.6. The van der Waals surface area contributed by atoms with E-state index in [4.69, 9.17) is 28.4 Å². The number of rotatable bonds is 40. The first-order valence-electron chi connectivity index (χ1n) is 19.7. The van der Waals surface area contributed by atoms with Gasteiger partial charge in [0, 0.05) is 20.3 Å². The van der Waals surface area contributed by atoms with E-state index in [1.807, 2.05) is 0 Å². The third-order valence-electron chi connectivity index (χ3n) is 8.48. The second-order valence-corrected chi connectivity index (χ2v) is 13.0. The normalized spacial score (nSPS) is 12.2. The molecule has 7 nitrogen and oxygen atoms in total. The van der Waals surface area contributed by atoms with Gasteiger partial charge in [-0.25, -0.2) is 0 Å². The van der Waals surface area contributed by atoms with Gasteiger partial charge in [-0.15, -0.1) is 0 Å². The first kappa shape index (κ1) is 45.3. The van der Waals surface area contributed by atoms with E-state index in [1.54, 1.807) is 7.11 Å². The summed E-state index contributed by atoms with van der Waals surface area (Å²) in [5, 5.41) is 0. The molecule has 0 aliphatic carbocycles. The smallest absolute Gasteiger partial charge is 0.308 e. The number of esters is 1. The molecule has 0 aromatic carbocycles. The number of methoxy groups -OCH3 is 1. The molecule has 0 amide bonds. The van der Waals surface area contributed by atoms with Gasteiger partial charge in [0.05, 0.1) is 46.1 Å². The zero-order valence-corrected chi connectivity index (χ0v) is 31.0. The topological polar surface area (TPSA) is 72.5 Å². The van der Waals surface area contributed by atoms with Crippen LogP contribution < -0.4 is 0 Å². The lowest BCUT2D eigenvalue weighted by molar-refractivity contribution is -0.151. The van der Waals surface area contributed by atoms with E-state index in [0.29, 0.717) is 46.2 Å². The van der Waals surface area contributed by atoms with Crippen molar-refractivity contribution in [3.8, 4) is 0 Å². The highest BCUT2D eigenvalue weighted by Crippen LogP contribution is 2.13. The molecule has 0 saturated carbocycles. The summed E-state index contributed by atoms with van der Waals surface area (Å²) in [5.41, 5.74) is 0. The summed E-state index contributed by atoms with van der Waals surface area (Å²) in [4.78, 5) is 12.3. The molecule has 276 valence electrons. The van der Waals surface area contributed by atoms with Crippen LogP contribution in [0.5, 0.6) is 0 Å². The Bertz CT molecular complexity index is 575. The van der Waals surface area contributed by atoms with Gasteiger partial charge >= 0.3 is 5.97 Å². The fraction of sp³-hybridized carbons (Fsp3) is 0.974. The number of hydrogen-bond donors (Lipinski definition) is 0. The van der Waals surface area contributed by atoms with Crippen LogP contribution in [0, 0.1) is 0 Å². The number of unbranched alkanes of at least 4 members (excludes halogenated alkanes) is 22. The van der Waals surface area contributed by atoms with Crippen LogP contribution in [0.15, 0.2) is 0 Å². The van der Waals surface area contributed by atoms with Crippen molar-refractivity contribution in [2.45, 2.75) is 180 Å². The Hall–Kier alpha value is -0.730. The van der Waals surface area contributed by atoms with E-state index in [2.05, 4.69) is 13.8 Å². The molecule has 0 aliphatic heterocycles. The van der Waals surface area contributed by atoms with Crippen molar-refractivity contribution in [3.05, 3.63) is 0 Å². The molecule has 1 unspecified atom stereocenters. The summed E-state index contributed by atoms with van der Waals surface area (Å²) in [5.74, 6) is -0.264. The van der Waals surface area contributed by atoms with Gasteiger partial charge in [0.25, 0.3) is 0 Å². The largest absolute Gasteiger partial charge is 0.463 e. The molecule has 0 radical (unpaired) electrons. The predicted molar refractivity (Wildman–Crippen MR) is 192 cm³/mol. The average molecular weight is 659 g/mol. The number of ether oxygens (including phenoxy) is 6. The SMILES string of the molecule is CCCCCCCCCCCCCCOCC(COC(=O)CCOCCOCCOC)OCCCCCCCCCCCCCC. The Morgan fingerprint density at radius 3 is 1.33 bits per heavy atom. The van der Waals surface area contributed by atoms with E-state index in [9.17, 15) is 4.79 Å². The Kier molecular flexibility index (Phi) is 39.8. The Morgan fingerprint density at radius 1 is 0.435 bits per heavy atom. The summed E-state index contributed by atoms with van der Waals surface area (Å²) in [6.07, 6.45) is 31.9. The average Bonchev–Trinajstić information content (AvgIpc) is 3.06. The van der Waals surface area contributed by atoms with Gasteiger partial charge in [-0.05, 0) is 12.8 Å². The molecule has 46 heavy (non-hydrogen) atoms. The molecule has 1 atom stereocenters. The summed E-state index contributed by atoms with van der Waals surface area (Å²) in [7, 11) is 1.65. The molecule has 0 rings (SSSR count). The van der Waals surface area contributed by atoms with Gasteiger partial charge in [0.1, 0.15) is 12.7 Å². The van der Waals surface area contributed by atoms with Crippen LogP contribution in [0.1, 0.15) is 174 Å². The lowest BCUT2D eigenvalue weighted by Crippen LogP contribution is -2.28. The Labute approximate surface area is 285 Å². The maximum Gasteiger partial charge on any atom is 0.308 e. The zero-order chi connectivity index (χ0) is 33.4. The second-order valence-electron chi connectivity index (χ2n) is 13.0. The monoisotopic (exact) mass is 659 g/mol. The minimum Gasteiger partial charge on any atom is -0.463 e. The molecule has 0 spiro atoms. The summed E-state index contributed by atoms with van der Waals surface area (Å²) in [6, 6.07) is 0. The molecule has 7 heteroatoms. The first-order valence-corrected chi connectivity index (χ1v) is 19.7. The van der Waals surface area contributed by atoms with Crippen LogP contribution >= 0.6 is 0 Å². The predicted octanol–water partition coefficient (Wildman–Crippen LogP) is 10.4. The van der Waals surface area contributed by atoms with Gasteiger partial charge < -0.3 is 28.4 Å². The molecule has 0 heterocycles. The van der Waals surface area contributed by atoms with E-state index in [-0.39, 0.29) is 25.1 Å². The zero-order valence-electron chi connectivity index (χ0n) is 31.0. The van der Waals surface area contributed by atoms with Gasteiger partial charge in [-0.1, -0.05) is 155 Å². The van der Waals surface area contributed by atoms with Gasteiger partial charge in [-0.2, -0.15) is 0 Å². The van der Waals surface area contributed by atoms with Crippen LogP contribution in [0.2, 0.25) is 0 Å². The van der Waals surface area contributed by atoms with Crippen LogP contribution in [0.25, 0.3) is 0 Å². The van der Waals surface area contributed by atoms with Crippen molar-refractivity contribution >= 4 is 5.97 Å². The maximum atomic E-state index is 12.3. The third kappa shape index (κ3) is 37.7. The van der Waals surface area contributed by atoms with Crippen molar-refractivity contribution < 1.29 is 33.2 Å². The Balaban J connectivity index is 4.03. The Morgan fingerprint density at radius 2 is 0.848 bits per heavy atom. The molecular formula is C39H78O7. The molecule has 0 aromatic rings. The van der Waals surface area contributed by atoms with Gasteiger partial charge in [-0.3, -0.25) is 4.79 Å². The number of carbonyl (C=O) groups excluding carboxylic acids is 1. The summed E-state index contributed by atoms with van der Waals surface area (Å²) < 4.78 is 33.4. The van der Waals surface area contributed by atoms with Crippen molar-refractivity contribution in [1.29, 1.82) is 0 Å². The standard InChI is InChI=1S/C39H78O7/c1-4-6-8-10-12-14-16-18-20-22-24-26-29-44-36-38(37-46-39(40)28-31-42-34-35-43-33-32-41-3)45-30-27-25-23-21-19-17-15-13-11-9-7-5-2/h38H,4-37H2,1-3H3. The van der Waals surface area contributed by atoms with Crippen molar-refractivity contribution in [2.75, 3.05) is 66.6 Å². The fourth-order valence-electron chi connectivity index (χ4n) is 5.48. The van der Waals surface area contributed by atoms with E-state index >= 15 is 0 Å². The quantitative estimate of drug-likeness (QED) is 0.0479. The van der Waals surface area contributed by atoms with E-state index in [0.717, 1.165) is 19.4 Å². The fourth-order valence-corrected chi connectivity index (χ4v) is 5.48. The molecule has 0 aromatic heterocycles. The summed E-state index contributed by atoms with van der Waals surface area (Å²) >= 11 is 0.